The molecule has 32 heavy (non-hydrogen) atoms. The Labute approximate surface area is 196 Å². The summed E-state index contributed by atoms with van der Waals surface area (Å²) < 4.78 is 21.3. The van der Waals surface area contributed by atoms with Crippen LogP contribution in [-0.4, -0.2) is 5.84 Å². The molecular weight excluding hydrogens is 399 g/mol. The second-order valence-electron chi connectivity index (χ2n) is 8.52. The first-order valence-electron chi connectivity index (χ1n) is 11.7. The molecule has 1 rings (SSSR count). The van der Waals surface area contributed by atoms with Gasteiger partial charge in [0.25, 0.3) is 0 Å². The first-order valence-corrected chi connectivity index (χ1v) is 11.7. The van der Waals surface area contributed by atoms with E-state index in [0.29, 0.717) is 23.9 Å². The van der Waals surface area contributed by atoms with Crippen LogP contribution in [-0.2, 0) is 6.54 Å². The van der Waals surface area contributed by atoms with E-state index in [9.17, 15) is 0 Å². The van der Waals surface area contributed by atoms with Gasteiger partial charge in [0, 0.05) is 5.70 Å². The van der Waals surface area contributed by atoms with Crippen molar-refractivity contribution in [3.63, 3.8) is 0 Å². The zero-order chi connectivity index (χ0) is 24.5. The van der Waals surface area contributed by atoms with Gasteiger partial charge in [0.2, 0.25) is 0 Å². The van der Waals surface area contributed by atoms with Crippen LogP contribution in [0.1, 0.15) is 92.8 Å². The van der Waals surface area contributed by atoms with Crippen molar-refractivity contribution >= 4 is 5.84 Å². The van der Waals surface area contributed by atoms with Crippen molar-refractivity contribution in [3.05, 3.63) is 58.5 Å². The fourth-order valence-corrected chi connectivity index (χ4v) is 3.19. The van der Waals surface area contributed by atoms with Gasteiger partial charge in [-0.2, -0.15) is 0 Å². The normalized spacial score (nSPS) is 12.7. The van der Waals surface area contributed by atoms with E-state index in [4.69, 9.17) is 9.41 Å². The van der Waals surface area contributed by atoms with Crippen molar-refractivity contribution in [2.24, 2.45) is 10.9 Å². The number of furan rings is 1. The number of terminal acetylenes is 1. The molecule has 4 heteroatoms. The second-order valence-corrected chi connectivity index (χ2v) is 8.52. The smallest absolute Gasteiger partial charge is 0.135 e. The van der Waals surface area contributed by atoms with Crippen molar-refractivity contribution in [3.8, 4) is 12.8 Å². The molecule has 0 aliphatic rings. The lowest BCUT2D eigenvalue weighted by molar-refractivity contribution is 0.512. The van der Waals surface area contributed by atoms with Crippen LogP contribution < -0.4 is 5.32 Å². The molecule has 0 saturated heterocycles. The second kappa shape index (κ2) is 17.1. The van der Waals surface area contributed by atoms with E-state index in [1.165, 1.54) is 0 Å². The van der Waals surface area contributed by atoms with E-state index in [1.54, 1.807) is 6.26 Å². The Hall–Kier alpha value is -2.54. The summed E-state index contributed by atoms with van der Waals surface area (Å²) >= 11 is 0. The van der Waals surface area contributed by atoms with Gasteiger partial charge in [0.1, 0.15) is 17.4 Å². The fraction of sp³-hybridized carbons (Fsp3) is 0.536. The molecule has 0 saturated carbocycles. The molecule has 0 bridgehead atoms. The van der Waals surface area contributed by atoms with Crippen molar-refractivity contribution in [1.29, 1.82) is 0 Å². The largest absolute Gasteiger partial charge is 0.467 e. The highest BCUT2D eigenvalue weighted by atomic mass is 19.1. The minimum Gasteiger partial charge on any atom is -0.467 e. The number of nitrogens with zero attached hydrogens (tertiary/aromatic N) is 1. The third kappa shape index (κ3) is 11.2. The van der Waals surface area contributed by atoms with E-state index in [2.05, 4.69) is 51.9 Å². The first-order chi connectivity index (χ1) is 15.3. The van der Waals surface area contributed by atoms with Gasteiger partial charge in [-0.05, 0) is 70.1 Å². The minimum absolute atomic E-state index is 0.119. The van der Waals surface area contributed by atoms with E-state index < -0.39 is 0 Å². The van der Waals surface area contributed by atoms with Crippen LogP contribution in [0.2, 0.25) is 0 Å². The van der Waals surface area contributed by atoms with E-state index >= 15 is 4.39 Å². The fourth-order valence-electron chi connectivity index (χ4n) is 3.19. The molecule has 0 aliphatic carbocycles. The molecule has 0 spiro atoms. The van der Waals surface area contributed by atoms with Crippen LogP contribution >= 0.6 is 0 Å². The third-order valence-corrected chi connectivity index (χ3v) is 4.87. The number of hydrogen-bond acceptors (Lipinski definition) is 2. The summed E-state index contributed by atoms with van der Waals surface area (Å²) in [5.41, 5.74) is 3.38. The Bertz CT molecular complexity index is 789. The van der Waals surface area contributed by atoms with Gasteiger partial charge in [0.15, 0.2) is 0 Å². The number of nitrogens with one attached hydrogen (secondary N) is 1. The van der Waals surface area contributed by atoms with E-state index in [-0.39, 0.29) is 5.83 Å². The quantitative estimate of drug-likeness (QED) is 0.152. The van der Waals surface area contributed by atoms with Crippen LogP contribution in [0, 0.1) is 18.8 Å². The predicted molar refractivity (Wildman–Crippen MR) is 137 cm³/mol. The predicted octanol–water partition coefficient (Wildman–Crippen LogP) is 8.52. The topological polar surface area (TPSA) is 37.5 Å². The van der Waals surface area contributed by atoms with Crippen LogP contribution in [0.4, 0.5) is 4.39 Å². The lowest BCUT2D eigenvalue weighted by atomic mass is 9.95. The summed E-state index contributed by atoms with van der Waals surface area (Å²) in [5, 5.41) is 3.38. The van der Waals surface area contributed by atoms with Crippen molar-refractivity contribution in [2.75, 3.05) is 0 Å². The van der Waals surface area contributed by atoms with E-state index in [1.807, 2.05) is 32.9 Å². The molecule has 1 aromatic heterocycles. The van der Waals surface area contributed by atoms with Gasteiger partial charge in [-0.25, -0.2) is 4.39 Å². The maximum atomic E-state index is 15.9. The summed E-state index contributed by atoms with van der Waals surface area (Å²) in [6.07, 6.45) is 17.3. The standard InChI is InChI=1S/C26H41FN2O.C2H2/c1-8-10-13-21(7)29-26(28-18-23-14-11-17-30-23)24(20(5)6)25(27)22(12-9-2)16-15-19(3)4;1-2/h11,13-14,17,19H,8-10,12,15-16,18H2,1-7H3,(H,28,29);1-2H/b21-13+,25-22-;. The average molecular weight is 443 g/mol. The zero-order valence-electron chi connectivity index (χ0n) is 21.2. The van der Waals surface area contributed by atoms with Gasteiger partial charge >= 0.3 is 0 Å². The van der Waals surface area contributed by atoms with Gasteiger partial charge in [-0.3, -0.25) is 4.99 Å². The molecule has 1 aromatic rings. The highest BCUT2D eigenvalue weighted by Crippen LogP contribution is 2.28. The first kappa shape index (κ1) is 29.5. The summed E-state index contributed by atoms with van der Waals surface area (Å²) in [4.78, 5) is 4.73. The summed E-state index contributed by atoms with van der Waals surface area (Å²) in [7, 11) is 0. The van der Waals surface area contributed by atoms with Crippen LogP contribution in [0.5, 0.6) is 0 Å². The van der Waals surface area contributed by atoms with Gasteiger partial charge < -0.3 is 9.73 Å². The monoisotopic (exact) mass is 442 g/mol. The Morgan fingerprint density at radius 1 is 1.16 bits per heavy atom. The van der Waals surface area contributed by atoms with Crippen molar-refractivity contribution in [1.82, 2.24) is 5.32 Å². The Morgan fingerprint density at radius 3 is 2.34 bits per heavy atom. The number of halogens is 1. The molecule has 0 fully saturated rings. The lowest BCUT2D eigenvalue weighted by Gasteiger charge is -2.18. The summed E-state index contributed by atoms with van der Waals surface area (Å²) in [6, 6.07) is 3.73. The van der Waals surface area contributed by atoms with Gasteiger partial charge in [-0.1, -0.05) is 52.2 Å². The summed E-state index contributed by atoms with van der Waals surface area (Å²) in [5.74, 6) is 1.76. The van der Waals surface area contributed by atoms with Crippen molar-refractivity contribution < 1.29 is 8.81 Å². The molecule has 0 unspecified atom stereocenters. The number of hydrogen-bond donors (Lipinski definition) is 1. The number of allylic oxidation sites excluding steroid dienone is 4. The number of aliphatic imine (C=N–C) groups is 1. The maximum absolute atomic E-state index is 15.9. The molecule has 1 N–H and O–H groups in total. The number of unbranched alkanes of at least 4 members (excludes halogenated alkanes) is 1. The van der Waals surface area contributed by atoms with Crippen LogP contribution in [0.25, 0.3) is 0 Å². The van der Waals surface area contributed by atoms with Crippen LogP contribution in [0.15, 0.2) is 62.1 Å². The lowest BCUT2D eigenvalue weighted by Crippen LogP contribution is -2.25. The molecule has 178 valence electrons. The van der Waals surface area contributed by atoms with Gasteiger partial charge in [-0.15, -0.1) is 12.8 Å². The summed E-state index contributed by atoms with van der Waals surface area (Å²) in [6.45, 7) is 14.9. The Balaban J connectivity index is 0.00000466. The Kier molecular flexibility index (Phi) is 15.7. The van der Waals surface area contributed by atoms with Crippen molar-refractivity contribution in [2.45, 2.75) is 93.5 Å². The zero-order valence-corrected chi connectivity index (χ0v) is 21.2. The maximum Gasteiger partial charge on any atom is 0.135 e. The average Bonchev–Trinajstić information content (AvgIpc) is 3.28. The minimum atomic E-state index is -0.119. The van der Waals surface area contributed by atoms with Gasteiger partial charge in [0.05, 0.1) is 18.4 Å². The number of amidine groups is 1. The molecular formula is C28H43FN2O. The third-order valence-electron chi connectivity index (χ3n) is 4.87. The SMILES string of the molecule is C#C.CCC/C=C(\C)NC(=NCc1ccco1)C(=C(C)C)/C(F)=C(\CCC)CCC(C)C. The van der Waals surface area contributed by atoms with Crippen LogP contribution in [0.3, 0.4) is 0 Å². The highest BCUT2D eigenvalue weighted by molar-refractivity contribution is 6.03. The molecule has 0 aliphatic heterocycles. The molecule has 0 amide bonds. The Morgan fingerprint density at radius 2 is 1.84 bits per heavy atom. The molecule has 1 heterocycles. The molecule has 0 atom stereocenters. The molecule has 0 radical (unpaired) electrons. The number of rotatable bonds is 12. The highest BCUT2D eigenvalue weighted by Gasteiger charge is 2.19. The van der Waals surface area contributed by atoms with E-state index in [0.717, 1.165) is 61.1 Å². The molecule has 0 aromatic carbocycles. The molecule has 3 nitrogen and oxygen atoms in total.